The number of ketones is 1. The summed E-state index contributed by atoms with van der Waals surface area (Å²) in [6, 6.07) is 15.1. The molecule has 0 radical (unpaired) electrons. The van der Waals surface area contributed by atoms with Gasteiger partial charge in [-0.05, 0) is 92.6 Å². The number of Topliss-reactive ketones (excluding diaryl/α,β-unsaturated/α-hetero) is 1. The molecule has 0 heterocycles. The van der Waals surface area contributed by atoms with Crippen LogP contribution in [0.15, 0.2) is 71.6 Å². The number of hydrogen-bond donors (Lipinski definition) is 1. The van der Waals surface area contributed by atoms with E-state index in [4.69, 9.17) is 21.4 Å². The SMILES string of the molecule is O=C(O)CCCOc1ccccc1C(=O)CC1CCC(c2cc(F)ccc2F)(S(=O)(=O)c2ccc(Cl)cc2)CC1. The van der Waals surface area contributed by atoms with Crippen LogP contribution in [0, 0.1) is 17.6 Å². The molecule has 0 atom stereocenters. The lowest BCUT2D eigenvalue weighted by Gasteiger charge is -2.40. The standard InChI is InChI=1S/C30H29ClF2O6S/c31-21-7-10-23(11-8-21)40(37,38)30(25-19-22(32)9-12-26(25)33)15-13-20(14-16-30)18-27(34)24-4-1-2-5-28(24)39-17-3-6-29(35)36/h1-2,4-5,7-12,19-20H,3,6,13-18H2,(H,35,36). The van der Waals surface area contributed by atoms with Crippen molar-refractivity contribution in [3.63, 3.8) is 0 Å². The number of carbonyl (C=O) groups excluding carboxylic acids is 1. The summed E-state index contributed by atoms with van der Waals surface area (Å²) in [4.78, 5) is 23.9. The fourth-order valence-electron chi connectivity index (χ4n) is 5.32. The molecule has 1 saturated carbocycles. The summed E-state index contributed by atoms with van der Waals surface area (Å²) in [5.41, 5.74) is 0.145. The molecule has 0 unspecified atom stereocenters. The van der Waals surface area contributed by atoms with Crippen LogP contribution < -0.4 is 4.74 Å². The normalized spacial score (nSPS) is 19.2. The maximum absolute atomic E-state index is 15.1. The Morgan fingerprint density at radius 3 is 2.35 bits per heavy atom. The number of halogens is 3. The van der Waals surface area contributed by atoms with E-state index in [-0.39, 0.29) is 54.5 Å². The van der Waals surface area contributed by atoms with Gasteiger partial charge in [0, 0.05) is 23.4 Å². The largest absolute Gasteiger partial charge is 0.493 e. The lowest BCUT2D eigenvalue weighted by molar-refractivity contribution is -0.137. The van der Waals surface area contributed by atoms with Crippen LogP contribution in [-0.4, -0.2) is 31.9 Å². The quantitative estimate of drug-likeness (QED) is 0.191. The predicted octanol–water partition coefficient (Wildman–Crippen LogP) is 6.99. The maximum atomic E-state index is 15.1. The number of aliphatic carboxylic acids is 1. The Morgan fingerprint density at radius 1 is 1.00 bits per heavy atom. The molecular weight excluding hydrogens is 562 g/mol. The van der Waals surface area contributed by atoms with Crippen molar-refractivity contribution in [3.8, 4) is 5.75 Å². The van der Waals surface area contributed by atoms with Crippen LogP contribution in [0.25, 0.3) is 0 Å². The molecule has 1 aliphatic carbocycles. The average Bonchev–Trinajstić information content (AvgIpc) is 2.93. The number of carboxylic acids is 1. The van der Waals surface area contributed by atoms with E-state index in [2.05, 4.69) is 0 Å². The van der Waals surface area contributed by atoms with Gasteiger partial charge in [0.05, 0.1) is 17.1 Å². The third-order valence-corrected chi connectivity index (χ3v) is 10.2. The molecule has 0 amide bonds. The van der Waals surface area contributed by atoms with E-state index in [1.54, 1.807) is 24.3 Å². The van der Waals surface area contributed by atoms with Crippen LogP contribution >= 0.6 is 11.6 Å². The van der Waals surface area contributed by atoms with Crippen LogP contribution in [0.1, 0.15) is 60.9 Å². The zero-order valence-corrected chi connectivity index (χ0v) is 23.2. The highest BCUT2D eigenvalue weighted by Gasteiger charge is 2.50. The van der Waals surface area contributed by atoms with E-state index in [1.165, 1.54) is 24.3 Å². The molecule has 212 valence electrons. The first-order valence-corrected chi connectivity index (χ1v) is 14.8. The van der Waals surface area contributed by atoms with Gasteiger partial charge in [-0.2, -0.15) is 0 Å². The molecule has 1 N–H and O–H groups in total. The van der Waals surface area contributed by atoms with E-state index >= 15 is 4.39 Å². The van der Waals surface area contributed by atoms with E-state index < -0.39 is 32.2 Å². The van der Waals surface area contributed by atoms with Crippen LogP contribution in [0.3, 0.4) is 0 Å². The molecular formula is C30H29ClF2O6S. The van der Waals surface area contributed by atoms with Crippen molar-refractivity contribution in [2.45, 2.75) is 54.6 Å². The number of benzene rings is 3. The Morgan fingerprint density at radius 2 is 1.68 bits per heavy atom. The van der Waals surface area contributed by atoms with E-state index in [9.17, 15) is 22.4 Å². The number of carboxylic acid groups (broad SMARTS) is 1. The summed E-state index contributed by atoms with van der Waals surface area (Å²) in [6.07, 6.45) is 0.976. The summed E-state index contributed by atoms with van der Waals surface area (Å²) >= 11 is 5.95. The molecule has 1 fully saturated rings. The fourth-order valence-corrected chi connectivity index (χ4v) is 7.61. The minimum Gasteiger partial charge on any atom is -0.493 e. The van der Waals surface area contributed by atoms with Crippen molar-refractivity contribution >= 4 is 33.2 Å². The van der Waals surface area contributed by atoms with Crippen molar-refractivity contribution in [2.24, 2.45) is 5.92 Å². The first-order valence-electron chi connectivity index (χ1n) is 13.0. The van der Waals surface area contributed by atoms with E-state index in [0.29, 0.717) is 35.6 Å². The molecule has 0 aliphatic heterocycles. The average molecular weight is 591 g/mol. The predicted molar refractivity (Wildman–Crippen MR) is 146 cm³/mol. The van der Waals surface area contributed by atoms with Crippen molar-refractivity contribution in [2.75, 3.05) is 6.61 Å². The summed E-state index contributed by atoms with van der Waals surface area (Å²) in [7, 11) is -4.17. The Kier molecular flexibility index (Phi) is 9.26. The minimum atomic E-state index is -4.17. The Hall–Kier alpha value is -3.30. The lowest BCUT2D eigenvalue weighted by Crippen LogP contribution is -2.41. The molecule has 0 spiro atoms. The van der Waals surface area contributed by atoms with E-state index in [1.807, 2.05) is 0 Å². The molecule has 6 nitrogen and oxygen atoms in total. The molecule has 0 aromatic heterocycles. The lowest BCUT2D eigenvalue weighted by atomic mass is 9.75. The molecule has 3 aromatic carbocycles. The molecule has 10 heteroatoms. The highest BCUT2D eigenvalue weighted by molar-refractivity contribution is 7.92. The zero-order valence-electron chi connectivity index (χ0n) is 21.6. The molecule has 1 aliphatic rings. The number of para-hydroxylation sites is 1. The molecule has 0 bridgehead atoms. The van der Waals surface area contributed by atoms with Crippen LogP contribution in [0.5, 0.6) is 5.75 Å². The van der Waals surface area contributed by atoms with Crippen LogP contribution in [-0.2, 0) is 19.4 Å². The van der Waals surface area contributed by atoms with Crippen molar-refractivity contribution in [3.05, 3.63) is 94.5 Å². The maximum Gasteiger partial charge on any atom is 0.303 e. The minimum absolute atomic E-state index is 0.00359. The number of sulfone groups is 1. The number of hydrogen-bond acceptors (Lipinski definition) is 5. The Bertz CT molecular complexity index is 1480. The van der Waals surface area contributed by atoms with Crippen molar-refractivity contribution < 1.29 is 36.6 Å². The smallest absolute Gasteiger partial charge is 0.303 e. The topological polar surface area (TPSA) is 97.7 Å². The third-order valence-electron chi connectivity index (χ3n) is 7.42. The fraction of sp³-hybridized carbons (Fsp3) is 0.333. The van der Waals surface area contributed by atoms with Gasteiger partial charge in [-0.25, -0.2) is 17.2 Å². The second-order valence-corrected chi connectivity index (χ2v) is 12.7. The van der Waals surface area contributed by atoms with Crippen LogP contribution in [0.2, 0.25) is 5.02 Å². The third kappa shape index (κ3) is 6.36. The second-order valence-electron chi connectivity index (χ2n) is 9.99. The van der Waals surface area contributed by atoms with Gasteiger partial charge in [0.1, 0.15) is 22.1 Å². The second kappa shape index (κ2) is 12.5. The molecule has 40 heavy (non-hydrogen) atoms. The summed E-state index contributed by atoms with van der Waals surface area (Å²) in [5.74, 6) is -2.49. The van der Waals surface area contributed by atoms with Crippen molar-refractivity contribution in [1.82, 2.24) is 0 Å². The van der Waals surface area contributed by atoms with Crippen LogP contribution in [0.4, 0.5) is 8.78 Å². The van der Waals surface area contributed by atoms with Crippen molar-refractivity contribution in [1.29, 1.82) is 0 Å². The van der Waals surface area contributed by atoms with Gasteiger partial charge in [-0.15, -0.1) is 0 Å². The van der Waals surface area contributed by atoms with Gasteiger partial charge in [0.15, 0.2) is 15.6 Å². The summed E-state index contributed by atoms with van der Waals surface area (Å²) in [6.45, 7) is 0.143. The zero-order chi connectivity index (χ0) is 28.9. The molecule has 4 rings (SSSR count). The first kappa shape index (κ1) is 29.7. The van der Waals surface area contributed by atoms with Gasteiger partial charge in [0.2, 0.25) is 0 Å². The highest BCUT2D eigenvalue weighted by Crippen LogP contribution is 2.50. The molecule has 3 aromatic rings. The van der Waals surface area contributed by atoms with E-state index in [0.717, 1.165) is 18.2 Å². The Labute approximate surface area is 236 Å². The van der Waals surface area contributed by atoms with Gasteiger partial charge in [-0.3, -0.25) is 9.59 Å². The monoisotopic (exact) mass is 590 g/mol. The number of rotatable bonds is 11. The highest BCUT2D eigenvalue weighted by atomic mass is 35.5. The Balaban J connectivity index is 1.55. The summed E-state index contributed by atoms with van der Waals surface area (Å²) < 4.78 is 61.3. The first-order chi connectivity index (χ1) is 19.0. The summed E-state index contributed by atoms with van der Waals surface area (Å²) in [5, 5.41) is 9.15. The van der Waals surface area contributed by atoms with Gasteiger partial charge in [0.25, 0.3) is 0 Å². The number of ether oxygens (including phenoxy) is 1. The van der Waals surface area contributed by atoms with Gasteiger partial charge >= 0.3 is 5.97 Å². The molecule has 0 saturated heterocycles. The number of carbonyl (C=O) groups is 2. The van der Waals surface area contributed by atoms with Gasteiger partial charge in [-0.1, -0.05) is 23.7 Å². The van der Waals surface area contributed by atoms with Gasteiger partial charge < -0.3 is 9.84 Å².